The number of carbonyl (C=O) groups excluding carboxylic acids is 1. The SMILES string of the molecule is CN1CCN(CCCc2cccc(OC(=O)C3CC3)c2)CC1. The van der Waals surface area contributed by atoms with Crippen LogP contribution in [0.5, 0.6) is 5.75 Å². The van der Waals surface area contributed by atoms with Crippen LogP contribution in [0.25, 0.3) is 0 Å². The molecule has 1 aliphatic heterocycles. The van der Waals surface area contributed by atoms with Crippen molar-refractivity contribution in [3.8, 4) is 5.75 Å². The number of carbonyl (C=O) groups is 1. The fraction of sp³-hybridized carbons (Fsp3) is 0.611. The largest absolute Gasteiger partial charge is 0.426 e. The normalized spacial score (nSPS) is 20.0. The molecule has 1 aliphatic carbocycles. The number of esters is 1. The summed E-state index contributed by atoms with van der Waals surface area (Å²) >= 11 is 0. The van der Waals surface area contributed by atoms with E-state index in [0.717, 1.165) is 32.2 Å². The van der Waals surface area contributed by atoms with Crippen molar-refractivity contribution in [2.75, 3.05) is 39.8 Å². The van der Waals surface area contributed by atoms with E-state index in [4.69, 9.17) is 4.74 Å². The summed E-state index contributed by atoms with van der Waals surface area (Å²) in [6, 6.07) is 8.01. The van der Waals surface area contributed by atoms with Gasteiger partial charge in [0.1, 0.15) is 5.75 Å². The van der Waals surface area contributed by atoms with Crippen molar-refractivity contribution in [3.05, 3.63) is 29.8 Å². The molecule has 0 N–H and O–H groups in total. The topological polar surface area (TPSA) is 32.8 Å². The van der Waals surface area contributed by atoms with E-state index in [1.807, 2.05) is 18.2 Å². The molecule has 1 aromatic rings. The molecule has 4 nitrogen and oxygen atoms in total. The van der Waals surface area contributed by atoms with Crippen LogP contribution in [0.15, 0.2) is 24.3 Å². The second-order valence-corrected chi connectivity index (χ2v) is 6.59. The Morgan fingerprint density at radius 2 is 2.00 bits per heavy atom. The molecule has 0 spiro atoms. The first-order valence-electron chi connectivity index (χ1n) is 8.42. The molecule has 4 heteroatoms. The van der Waals surface area contributed by atoms with Crippen molar-refractivity contribution in [2.45, 2.75) is 25.7 Å². The number of piperazine rings is 1. The van der Waals surface area contributed by atoms with Crippen molar-refractivity contribution in [1.82, 2.24) is 9.80 Å². The Balaban J connectivity index is 1.43. The maximum Gasteiger partial charge on any atom is 0.314 e. The molecule has 0 aromatic heterocycles. The van der Waals surface area contributed by atoms with Gasteiger partial charge >= 0.3 is 5.97 Å². The third-order valence-corrected chi connectivity index (χ3v) is 4.56. The molecule has 1 saturated carbocycles. The molecule has 2 aliphatic rings. The molecular weight excluding hydrogens is 276 g/mol. The molecule has 0 atom stereocenters. The number of nitrogens with zero attached hydrogens (tertiary/aromatic N) is 2. The standard InChI is InChI=1S/C18H26N2O2/c1-19-10-12-20(13-11-19)9-3-5-15-4-2-6-17(14-15)22-18(21)16-7-8-16/h2,4,6,14,16H,3,5,7-13H2,1H3. The summed E-state index contributed by atoms with van der Waals surface area (Å²) in [5.74, 6) is 0.796. The summed E-state index contributed by atoms with van der Waals surface area (Å²) in [4.78, 5) is 16.6. The lowest BCUT2D eigenvalue weighted by Crippen LogP contribution is -2.44. The van der Waals surface area contributed by atoms with E-state index in [0.29, 0.717) is 5.75 Å². The second kappa shape index (κ2) is 7.25. The minimum Gasteiger partial charge on any atom is -0.426 e. The van der Waals surface area contributed by atoms with Crippen molar-refractivity contribution < 1.29 is 9.53 Å². The Labute approximate surface area is 133 Å². The van der Waals surface area contributed by atoms with E-state index in [9.17, 15) is 4.79 Å². The van der Waals surface area contributed by atoms with Gasteiger partial charge < -0.3 is 14.5 Å². The van der Waals surface area contributed by atoms with E-state index >= 15 is 0 Å². The molecule has 0 amide bonds. The fourth-order valence-electron chi connectivity index (χ4n) is 2.86. The van der Waals surface area contributed by atoms with Crippen LogP contribution in [0.4, 0.5) is 0 Å². The van der Waals surface area contributed by atoms with Gasteiger partial charge in [-0.05, 0) is 57.0 Å². The van der Waals surface area contributed by atoms with Gasteiger partial charge in [-0.3, -0.25) is 4.79 Å². The van der Waals surface area contributed by atoms with Crippen molar-refractivity contribution in [1.29, 1.82) is 0 Å². The smallest absolute Gasteiger partial charge is 0.314 e. The molecule has 3 rings (SSSR count). The van der Waals surface area contributed by atoms with Crippen LogP contribution in [-0.2, 0) is 11.2 Å². The van der Waals surface area contributed by atoms with E-state index in [1.54, 1.807) is 0 Å². The van der Waals surface area contributed by atoms with Crippen LogP contribution in [-0.4, -0.2) is 55.5 Å². The minimum atomic E-state index is -0.0606. The molecule has 0 radical (unpaired) electrons. The van der Waals surface area contributed by atoms with Gasteiger partial charge in [0.15, 0.2) is 0 Å². The average molecular weight is 302 g/mol. The van der Waals surface area contributed by atoms with Gasteiger partial charge in [0.05, 0.1) is 5.92 Å². The lowest BCUT2D eigenvalue weighted by Gasteiger charge is -2.32. The van der Waals surface area contributed by atoms with Crippen LogP contribution < -0.4 is 4.74 Å². The summed E-state index contributed by atoms with van der Waals surface area (Å²) in [6.45, 7) is 5.85. The van der Waals surface area contributed by atoms with Gasteiger partial charge in [0.25, 0.3) is 0 Å². The molecule has 1 saturated heterocycles. The molecular formula is C18H26N2O2. The zero-order valence-corrected chi connectivity index (χ0v) is 13.5. The van der Waals surface area contributed by atoms with Gasteiger partial charge in [-0.25, -0.2) is 0 Å². The van der Waals surface area contributed by atoms with Crippen molar-refractivity contribution in [2.24, 2.45) is 5.92 Å². The monoisotopic (exact) mass is 302 g/mol. The predicted octanol–water partition coefficient (Wildman–Crippen LogP) is 2.18. The Kier molecular flexibility index (Phi) is 5.11. The van der Waals surface area contributed by atoms with E-state index in [-0.39, 0.29) is 11.9 Å². The van der Waals surface area contributed by atoms with Gasteiger partial charge in [-0.2, -0.15) is 0 Å². The van der Waals surface area contributed by atoms with Crippen LogP contribution in [0.2, 0.25) is 0 Å². The van der Waals surface area contributed by atoms with Crippen molar-refractivity contribution >= 4 is 5.97 Å². The van der Waals surface area contributed by atoms with Crippen molar-refractivity contribution in [3.63, 3.8) is 0 Å². The Morgan fingerprint density at radius 3 is 2.73 bits per heavy atom. The minimum absolute atomic E-state index is 0.0606. The summed E-state index contributed by atoms with van der Waals surface area (Å²) in [6.07, 6.45) is 4.18. The van der Waals surface area contributed by atoms with Gasteiger partial charge in [-0.1, -0.05) is 12.1 Å². The fourth-order valence-corrected chi connectivity index (χ4v) is 2.86. The number of hydrogen-bond acceptors (Lipinski definition) is 4. The zero-order valence-electron chi connectivity index (χ0n) is 13.5. The summed E-state index contributed by atoms with van der Waals surface area (Å²) in [7, 11) is 2.19. The Bertz CT molecular complexity index is 506. The first-order valence-corrected chi connectivity index (χ1v) is 8.42. The molecule has 0 bridgehead atoms. The highest BCUT2D eigenvalue weighted by Gasteiger charge is 2.31. The third kappa shape index (κ3) is 4.55. The second-order valence-electron chi connectivity index (χ2n) is 6.59. The summed E-state index contributed by atoms with van der Waals surface area (Å²) in [5, 5.41) is 0. The predicted molar refractivity (Wildman–Crippen MR) is 87.1 cm³/mol. The quantitative estimate of drug-likeness (QED) is 0.596. The highest BCUT2D eigenvalue weighted by molar-refractivity contribution is 5.77. The summed E-state index contributed by atoms with van der Waals surface area (Å²) < 4.78 is 5.43. The highest BCUT2D eigenvalue weighted by atomic mass is 16.5. The first-order chi connectivity index (χ1) is 10.7. The number of rotatable bonds is 6. The average Bonchev–Trinajstić information content (AvgIpc) is 3.34. The molecule has 1 aromatic carbocycles. The number of likely N-dealkylation sites (N-methyl/N-ethyl adjacent to an activating group) is 1. The first kappa shape index (κ1) is 15.5. The zero-order chi connectivity index (χ0) is 15.4. The lowest BCUT2D eigenvalue weighted by atomic mass is 10.1. The Hall–Kier alpha value is -1.39. The number of benzene rings is 1. The number of aryl methyl sites for hydroxylation is 1. The highest BCUT2D eigenvalue weighted by Crippen LogP contribution is 2.31. The van der Waals surface area contributed by atoms with Crippen LogP contribution >= 0.6 is 0 Å². The molecule has 2 fully saturated rings. The third-order valence-electron chi connectivity index (χ3n) is 4.56. The van der Waals surface area contributed by atoms with Gasteiger partial charge in [0.2, 0.25) is 0 Å². The lowest BCUT2D eigenvalue weighted by molar-refractivity contribution is -0.135. The summed E-state index contributed by atoms with van der Waals surface area (Å²) in [5.41, 5.74) is 1.26. The molecule has 22 heavy (non-hydrogen) atoms. The Morgan fingerprint density at radius 1 is 1.23 bits per heavy atom. The van der Waals surface area contributed by atoms with Gasteiger partial charge in [0, 0.05) is 26.2 Å². The van der Waals surface area contributed by atoms with E-state index < -0.39 is 0 Å². The van der Waals surface area contributed by atoms with E-state index in [2.05, 4.69) is 22.9 Å². The maximum absolute atomic E-state index is 11.7. The number of hydrogen-bond donors (Lipinski definition) is 0. The van der Waals surface area contributed by atoms with Crippen LogP contribution in [0.1, 0.15) is 24.8 Å². The van der Waals surface area contributed by atoms with Crippen LogP contribution in [0.3, 0.4) is 0 Å². The molecule has 0 unspecified atom stereocenters. The van der Waals surface area contributed by atoms with Gasteiger partial charge in [-0.15, -0.1) is 0 Å². The number of ether oxygens (including phenoxy) is 1. The maximum atomic E-state index is 11.7. The molecule has 120 valence electrons. The van der Waals surface area contributed by atoms with E-state index in [1.165, 1.54) is 31.7 Å². The molecule has 1 heterocycles. The van der Waals surface area contributed by atoms with Crippen LogP contribution in [0, 0.1) is 5.92 Å².